The van der Waals surface area contributed by atoms with E-state index in [-0.39, 0.29) is 18.4 Å². The number of likely N-dealkylation sites (N-methyl/N-ethyl adjacent to an activating group) is 1. The second-order valence-electron chi connectivity index (χ2n) is 8.10. The molecule has 1 fully saturated rings. The van der Waals surface area contributed by atoms with Gasteiger partial charge in [0.1, 0.15) is 5.75 Å². The Balaban J connectivity index is 1.48. The zero-order chi connectivity index (χ0) is 27.9. The van der Waals surface area contributed by atoms with Gasteiger partial charge >= 0.3 is 0 Å². The average molecular weight is 631 g/mol. The predicted octanol–water partition coefficient (Wildman–Crippen LogP) is 6.76. The largest absolute Gasteiger partial charge is 0.495 e. The van der Waals surface area contributed by atoms with Crippen LogP contribution in [0.2, 0.25) is 5.02 Å². The molecule has 0 bridgehead atoms. The maximum Gasteiger partial charge on any atom is 0.266 e. The van der Waals surface area contributed by atoms with Crippen LogP contribution in [0, 0.1) is 0 Å². The number of halogens is 2. The van der Waals surface area contributed by atoms with Crippen LogP contribution in [0.25, 0.3) is 6.08 Å². The number of anilines is 1. The first kappa shape index (κ1) is 28.5. The first-order valence-corrected chi connectivity index (χ1v) is 13.8. The second-order valence-corrected chi connectivity index (χ2v) is 10.4. The van der Waals surface area contributed by atoms with Gasteiger partial charge in [0.2, 0.25) is 0 Å². The Labute approximate surface area is 244 Å². The second kappa shape index (κ2) is 13.1. The number of nitrogens with one attached hydrogen (secondary N) is 1. The molecule has 1 saturated heterocycles. The Morgan fingerprint density at radius 2 is 1.85 bits per heavy atom. The van der Waals surface area contributed by atoms with Crippen LogP contribution in [-0.2, 0) is 9.59 Å². The summed E-state index contributed by atoms with van der Waals surface area (Å²) in [5, 5.41) is 3.87. The molecule has 11 heteroatoms. The molecule has 3 aromatic carbocycles. The molecule has 1 aliphatic rings. The highest BCUT2D eigenvalue weighted by Gasteiger charge is 2.32. The van der Waals surface area contributed by atoms with Crippen molar-refractivity contribution in [3.8, 4) is 17.2 Å². The smallest absolute Gasteiger partial charge is 0.266 e. The van der Waals surface area contributed by atoms with Crippen molar-refractivity contribution in [3.63, 3.8) is 0 Å². The van der Waals surface area contributed by atoms with Crippen molar-refractivity contribution < 1.29 is 23.8 Å². The van der Waals surface area contributed by atoms with Crippen LogP contribution in [0.1, 0.15) is 12.5 Å². The Kier molecular flexibility index (Phi) is 9.55. The maximum atomic E-state index is 13.1. The summed E-state index contributed by atoms with van der Waals surface area (Å²) in [5.74, 6) is 0.882. The number of thioether (sulfide) groups is 1. The molecule has 202 valence electrons. The van der Waals surface area contributed by atoms with Gasteiger partial charge in [0, 0.05) is 11.0 Å². The van der Waals surface area contributed by atoms with E-state index in [4.69, 9.17) is 25.8 Å². The number of rotatable bonds is 9. The van der Waals surface area contributed by atoms with E-state index < -0.39 is 0 Å². The van der Waals surface area contributed by atoms with E-state index in [9.17, 15) is 9.59 Å². The molecular formula is C28H25BrClN3O5S. The SMILES string of the molecule is CCN1C(=O)/C(=C\c2ccc(OCC(=O)Nc3ccccc3OC)c(OC)c2)SC1=Nc1ccc(Br)c(Cl)c1. The van der Waals surface area contributed by atoms with Crippen LogP contribution in [0.15, 0.2) is 75.0 Å². The Bertz CT molecular complexity index is 1460. The summed E-state index contributed by atoms with van der Waals surface area (Å²) in [6, 6.07) is 17.7. The maximum absolute atomic E-state index is 13.1. The molecule has 4 rings (SSSR count). The number of ether oxygens (including phenoxy) is 3. The molecule has 0 aliphatic carbocycles. The lowest BCUT2D eigenvalue weighted by molar-refractivity contribution is -0.122. The molecule has 0 aromatic heterocycles. The normalized spacial score (nSPS) is 15.1. The minimum atomic E-state index is -0.348. The van der Waals surface area contributed by atoms with Crippen molar-refractivity contribution in [2.24, 2.45) is 4.99 Å². The van der Waals surface area contributed by atoms with Crippen LogP contribution in [-0.4, -0.2) is 49.3 Å². The first-order chi connectivity index (χ1) is 18.8. The minimum absolute atomic E-state index is 0.142. The van der Waals surface area contributed by atoms with Gasteiger partial charge in [-0.2, -0.15) is 0 Å². The molecule has 3 aromatic rings. The van der Waals surface area contributed by atoms with E-state index >= 15 is 0 Å². The predicted molar refractivity (Wildman–Crippen MR) is 159 cm³/mol. The molecule has 2 amide bonds. The Hall–Kier alpha value is -3.47. The Morgan fingerprint density at radius 3 is 2.56 bits per heavy atom. The van der Waals surface area contributed by atoms with Crippen LogP contribution in [0.4, 0.5) is 11.4 Å². The molecule has 1 aliphatic heterocycles. The monoisotopic (exact) mass is 629 g/mol. The standard InChI is InChI=1S/C28H25BrClN3O5S/c1-4-33-27(35)25(39-28(33)31-18-10-11-19(29)20(30)15-18)14-17-9-12-23(24(13-17)37-3)38-16-26(34)32-21-7-5-6-8-22(21)36-2/h5-15H,4,16H2,1-3H3,(H,32,34)/b25-14+,31-28?. The zero-order valence-corrected chi connectivity index (χ0v) is 24.5. The number of hydrogen-bond donors (Lipinski definition) is 1. The third kappa shape index (κ3) is 6.95. The van der Waals surface area contributed by atoms with E-state index in [1.165, 1.54) is 26.0 Å². The number of carbonyl (C=O) groups excluding carboxylic acids is 2. The topological polar surface area (TPSA) is 89.5 Å². The molecule has 0 radical (unpaired) electrons. The molecular weight excluding hydrogens is 606 g/mol. The van der Waals surface area contributed by atoms with Crippen molar-refractivity contribution in [2.45, 2.75) is 6.92 Å². The fourth-order valence-corrected chi connectivity index (χ4v) is 5.14. The molecule has 0 spiro atoms. The summed E-state index contributed by atoms with van der Waals surface area (Å²) in [6.07, 6.45) is 1.77. The number of aliphatic imine (C=N–C) groups is 1. The molecule has 0 saturated carbocycles. The summed E-state index contributed by atoms with van der Waals surface area (Å²) >= 11 is 10.9. The van der Waals surface area contributed by atoms with E-state index in [0.29, 0.717) is 50.3 Å². The Morgan fingerprint density at radius 1 is 1.08 bits per heavy atom. The highest BCUT2D eigenvalue weighted by Crippen LogP contribution is 2.36. The number of carbonyl (C=O) groups is 2. The molecule has 0 atom stereocenters. The quantitative estimate of drug-likeness (QED) is 0.263. The lowest BCUT2D eigenvalue weighted by Crippen LogP contribution is -2.28. The molecule has 0 unspecified atom stereocenters. The van der Waals surface area contributed by atoms with Crippen LogP contribution < -0.4 is 19.5 Å². The minimum Gasteiger partial charge on any atom is -0.495 e. The lowest BCUT2D eigenvalue weighted by Gasteiger charge is -2.13. The number of hydrogen-bond acceptors (Lipinski definition) is 7. The van der Waals surface area contributed by atoms with Crippen LogP contribution in [0.5, 0.6) is 17.2 Å². The molecule has 8 nitrogen and oxygen atoms in total. The van der Waals surface area contributed by atoms with Gasteiger partial charge in [-0.3, -0.25) is 14.5 Å². The van der Waals surface area contributed by atoms with Gasteiger partial charge in [0.25, 0.3) is 11.8 Å². The van der Waals surface area contributed by atoms with E-state index in [1.54, 1.807) is 53.4 Å². The van der Waals surface area contributed by atoms with Crippen molar-refractivity contribution in [1.29, 1.82) is 0 Å². The fourth-order valence-electron chi connectivity index (χ4n) is 3.66. The number of nitrogens with zero attached hydrogens (tertiary/aromatic N) is 2. The average Bonchev–Trinajstić information content (AvgIpc) is 3.23. The van der Waals surface area contributed by atoms with Crippen molar-refractivity contribution in [1.82, 2.24) is 4.90 Å². The van der Waals surface area contributed by atoms with Crippen molar-refractivity contribution in [2.75, 3.05) is 32.7 Å². The van der Waals surface area contributed by atoms with Crippen LogP contribution in [0.3, 0.4) is 0 Å². The first-order valence-electron chi connectivity index (χ1n) is 11.8. The number of benzene rings is 3. The van der Waals surface area contributed by atoms with Gasteiger partial charge in [-0.25, -0.2) is 4.99 Å². The fraction of sp³-hybridized carbons (Fsp3) is 0.179. The van der Waals surface area contributed by atoms with E-state index in [0.717, 1.165) is 10.0 Å². The summed E-state index contributed by atoms with van der Waals surface area (Å²) in [6.45, 7) is 2.14. The van der Waals surface area contributed by atoms with Crippen molar-refractivity contribution >= 4 is 73.7 Å². The number of amidine groups is 1. The molecule has 39 heavy (non-hydrogen) atoms. The highest BCUT2D eigenvalue weighted by atomic mass is 79.9. The van der Waals surface area contributed by atoms with E-state index in [1.807, 2.05) is 25.1 Å². The number of para-hydroxylation sites is 2. The molecule has 1 heterocycles. The third-order valence-electron chi connectivity index (χ3n) is 5.56. The summed E-state index contributed by atoms with van der Waals surface area (Å²) in [7, 11) is 3.04. The van der Waals surface area contributed by atoms with Gasteiger partial charge in [-0.1, -0.05) is 29.8 Å². The zero-order valence-electron chi connectivity index (χ0n) is 21.4. The number of amides is 2. The van der Waals surface area contributed by atoms with Gasteiger partial charge in [0.15, 0.2) is 23.3 Å². The van der Waals surface area contributed by atoms with E-state index in [2.05, 4.69) is 26.2 Å². The van der Waals surface area contributed by atoms with Gasteiger partial charge in [0.05, 0.1) is 35.5 Å². The van der Waals surface area contributed by atoms with Gasteiger partial charge in [-0.05, 0) is 88.7 Å². The molecule has 1 N–H and O–H groups in total. The number of methoxy groups -OCH3 is 2. The van der Waals surface area contributed by atoms with Crippen LogP contribution >= 0.6 is 39.3 Å². The van der Waals surface area contributed by atoms with Gasteiger partial charge in [-0.15, -0.1) is 0 Å². The highest BCUT2D eigenvalue weighted by molar-refractivity contribution is 9.10. The van der Waals surface area contributed by atoms with Crippen molar-refractivity contribution in [3.05, 3.63) is 80.6 Å². The third-order valence-corrected chi connectivity index (χ3v) is 7.80. The van der Waals surface area contributed by atoms with Gasteiger partial charge < -0.3 is 19.5 Å². The summed E-state index contributed by atoms with van der Waals surface area (Å²) in [4.78, 5) is 32.3. The summed E-state index contributed by atoms with van der Waals surface area (Å²) in [5.41, 5.74) is 1.93. The lowest BCUT2D eigenvalue weighted by atomic mass is 10.2. The summed E-state index contributed by atoms with van der Waals surface area (Å²) < 4.78 is 17.2.